The number of esters is 1. The van der Waals surface area contributed by atoms with Gasteiger partial charge in [0.1, 0.15) is 12.1 Å². The van der Waals surface area contributed by atoms with Crippen LogP contribution in [0.2, 0.25) is 0 Å². The number of nitrogens with one attached hydrogen (secondary N) is 1. The number of alkyl carbamates (subject to hydrolysis) is 1. The fourth-order valence-corrected chi connectivity index (χ4v) is 2.05. The van der Waals surface area contributed by atoms with Crippen molar-refractivity contribution in [1.82, 2.24) is 5.32 Å². The van der Waals surface area contributed by atoms with Crippen molar-refractivity contribution in [2.24, 2.45) is 5.92 Å². The number of carbonyl (C=O) groups excluding carboxylic acids is 2. The smallest absolute Gasteiger partial charge is 0.407 e. The van der Waals surface area contributed by atoms with Gasteiger partial charge < -0.3 is 19.9 Å². The third kappa shape index (κ3) is 6.97. The van der Waals surface area contributed by atoms with Gasteiger partial charge >= 0.3 is 18.0 Å². The predicted octanol–water partition coefficient (Wildman–Crippen LogP) is 1.70. The van der Waals surface area contributed by atoms with E-state index in [-0.39, 0.29) is 18.6 Å². The normalized spacial score (nSPS) is 16.5. The Bertz CT molecular complexity index is 376. The molecule has 1 amide bonds. The van der Waals surface area contributed by atoms with E-state index in [1.54, 1.807) is 0 Å². The molecule has 0 saturated heterocycles. The Morgan fingerprint density at radius 2 is 1.86 bits per heavy atom. The van der Waals surface area contributed by atoms with Gasteiger partial charge in [0.05, 0.1) is 13.0 Å². The number of aliphatic carboxylic acids is 1. The summed E-state index contributed by atoms with van der Waals surface area (Å²) in [6.07, 6.45) is 2.03. The number of carboxylic acid groups (broad SMARTS) is 1. The lowest BCUT2D eigenvalue weighted by Gasteiger charge is -2.19. The highest BCUT2D eigenvalue weighted by Gasteiger charge is 2.29. The van der Waals surface area contributed by atoms with Crippen molar-refractivity contribution in [3.8, 4) is 0 Å². The molecule has 7 nitrogen and oxygen atoms in total. The average Bonchev–Trinajstić information content (AvgIpc) is 2.87. The van der Waals surface area contributed by atoms with Gasteiger partial charge in [0.15, 0.2) is 0 Å². The van der Waals surface area contributed by atoms with E-state index >= 15 is 0 Å². The van der Waals surface area contributed by atoms with Crippen molar-refractivity contribution in [3.63, 3.8) is 0 Å². The van der Waals surface area contributed by atoms with Gasteiger partial charge in [-0.3, -0.25) is 4.79 Å². The van der Waals surface area contributed by atoms with Crippen LogP contribution >= 0.6 is 0 Å². The van der Waals surface area contributed by atoms with Crippen LogP contribution in [0.4, 0.5) is 4.79 Å². The molecule has 0 aromatic rings. The Kier molecular flexibility index (Phi) is 6.98. The minimum atomic E-state index is -1.22. The molecule has 1 saturated carbocycles. The topological polar surface area (TPSA) is 102 Å². The zero-order chi connectivity index (χ0) is 15.8. The molecular weight excluding hydrogens is 278 g/mol. The van der Waals surface area contributed by atoms with E-state index in [9.17, 15) is 14.4 Å². The second-order valence-electron chi connectivity index (χ2n) is 5.63. The number of hydrogen-bond donors (Lipinski definition) is 2. The summed E-state index contributed by atoms with van der Waals surface area (Å²) in [6, 6.07) is -1.22. The fourth-order valence-electron chi connectivity index (χ4n) is 2.05. The number of carbonyl (C=O) groups is 3. The average molecular weight is 301 g/mol. The molecule has 0 aliphatic heterocycles. The highest BCUT2D eigenvalue weighted by atomic mass is 16.6. The Hall–Kier alpha value is -1.79. The maximum Gasteiger partial charge on any atom is 0.407 e. The Morgan fingerprint density at radius 3 is 2.38 bits per heavy atom. The second kappa shape index (κ2) is 8.49. The summed E-state index contributed by atoms with van der Waals surface area (Å²) in [4.78, 5) is 34.3. The first-order chi connectivity index (χ1) is 9.88. The summed E-state index contributed by atoms with van der Waals surface area (Å²) in [5, 5.41) is 11.1. The largest absolute Gasteiger partial charge is 0.481 e. The number of amides is 1. The highest BCUT2D eigenvalue weighted by Crippen LogP contribution is 2.21. The van der Waals surface area contributed by atoms with Crippen LogP contribution in [0.1, 0.15) is 46.0 Å². The van der Waals surface area contributed by atoms with Gasteiger partial charge in [0.2, 0.25) is 0 Å². The molecule has 0 spiro atoms. The summed E-state index contributed by atoms with van der Waals surface area (Å²) in [7, 11) is 0. The molecule has 1 rings (SSSR count). The van der Waals surface area contributed by atoms with Gasteiger partial charge in [-0.05, 0) is 31.6 Å². The summed E-state index contributed by atoms with van der Waals surface area (Å²) in [5.41, 5.74) is 0. The van der Waals surface area contributed by atoms with Crippen molar-refractivity contribution >= 4 is 18.0 Å². The minimum absolute atomic E-state index is 0.152. The van der Waals surface area contributed by atoms with E-state index in [1.807, 2.05) is 13.8 Å². The molecule has 120 valence electrons. The van der Waals surface area contributed by atoms with E-state index in [4.69, 9.17) is 14.6 Å². The molecule has 0 unspecified atom stereocenters. The van der Waals surface area contributed by atoms with E-state index < -0.39 is 30.5 Å². The number of ether oxygens (including phenoxy) is 2. The molecule has 0 heterocycles. The van der Waals surface area contributed by atoms with Gasteiger partial charge in [-0.2, -0.15) is 0 Å². The molecule has 21 heavy (non-hydrogen) atoms. The van der Waals surface area contributed by atoms with Crippen LogP contribution in [-0.4, -0.2) is 41.9 Å². The van der Waals surface area contributed by atoms with Crippen molar-refractivity contribution in [3.05, 3.63) is 0 Å². The van der Waals surface area contributed by atoms with Crippen LogP contribution in [-0.2, 0) is 19.1 Å². The first-order valence-corrected chi connectivity index (χ1v) is 7.24. The van der Waals surface area contributed by atoms with Crippen molar-refractivity contribution < 1.29 is 29.0 Å². The summed E-state index contributed by atoms with van der Waals surface area (Å²) >= 11 is 0. The Morgan fingerprint density at radius 1 is 1.24 bits per heavy atom. The lowest BCUT2D eigenvalue weighted by molar-refractivity contribution is -0.154. The lowest BCUT2D eigenvalue weighted by Crippen LogP contribution is -2.44. The predicted molar refractivity (Wildman–Crippen MR) is 73.7 cm³/mol. The number of carboxylic acids is 1. The molecule has 7 heteroatoms. The molecule has 1 aliphatic rings. The lowest BCUT2D eigenvalue weighted by atomic mass is 10.2. The third-order valence-electron chi connectivity index (χ3n) is 3.09. The van der Waals surface area contributed by atoms with Gasteiger partial charge in [-0.15, -0.1) is 0 Å². The van der Waals surface area contributed by atoms with Gasteiger partial charge in [0.25, 0.3) is 0 Å². The molecule has 0 radical (unpaired) electrons. The Balaban J connectivity index is 2.50. The summed E-state index contributed by atoms with van der Waals surface area (Å²) < 4.78 is 10.1. The molecule has 1 aliphatic carbocycles. The zero-order valence-electron chi connectivity index (χ0n) is 12.5. The van der Waals surface area contributed by atoms with Gasteiger partial charge in [-0.1, -0.05) is 13.8 Å². The standard InChI is InChI=1S/C14H23NO6/c1-9(2)8-20-14(19)15-11(7-12(16)17)13(18)21-10-5-3-4-6-10/h9-11H,3-8H2,1-2H3,(H,15,19)(H,16,17)/t11-/m0/s1. The van der Waals surface area contributed by atoms with Crippen LogP contribution < -0.4 is 5.32 Å². The van der Waals surface area contributed by atoms with Crippen molar-refractivity contribution in [1.29, 1.82) is 0 Å². The minimum Gasteiger partial charge on any atom is -0.481 e. The monoisotopic (exact) mass is 301 g/mol. The molecule has 1 atom stereocenters. The van der Waals surface area contributed by atoms with Crippen molar-refractivity contribution in [2.75, 3.05) is 6.61 Å². The molecular formula is C14H23NO6. The first kappa shape index (κ1) is 17.3. The highest BCUT2D eigenvalue weighted by molar-refractivity contribution is 5.85. The Labute approximate surface area is 124 Å². The first-order valence-electron chi connectivity index (χ1n) is 7.24. The maximum atomic E-state index is 12.0. The van der Waals surface area contributed by atoms with Crippen molar-refractivity contribution in [2.45, 2.75) is 58.1 Å². The number of hydrogen-bond acceptors (Lipinski definition) is 5. The zero-order valence-corrected chi connectivity index (χ0v) is 12.5. The van der Waals surface area contributed by atoms with Crippen LogP contribution in [0.25, 0.3) is 0 Å². The van der Waals surface area contributed by atoms with Crippen LogP contribution in [0.15, 0.2) is 0 Å². The maximum absolute atomic E-state index is 12.0. The molecule has 2 N–H and O–H groups in total. The molecule has 0 bridgehead atoms. The fraction of sp³-hybridized carbons (Fsp3) is 0.786. The number of rotatable bonds is 7. The third-order valence-corrected chi connectivity index (χ3v) is 3.09. The molecule has 1 fully saturated rings. The quantitative estimate of drug-likeness (QED) is 0.694. The molecule has 0 aromatic heterocycles. The molecule has 0 aromatic carbocycles. The van der Waals surface area contributed by atoms with Gasteiger partial charge in [0, 0.05) is 0 Å². The second-order valence-corrected chi connectivity index (χ2v) is 5.63. The summed E-state index contributed by atoms with van der Waals surface area (Å²) in [5.74, 6) is -1.75. The van der Waals surface area contributed by atoms with Crippen LogP contribution in [0.5, 0.6) is 0 Å². The SMILES string of the molecule is CC(C)COC(=O)N[C@@H](CC(=O)O)C(=O)OC1CCCC1. The van der Waals surface area contributed by atoms with E-state index in [2.05, 4.69) is 5.32 Å². The summed E-state index contributed by atoms with van der Waals surface area (Å²) in [6.45, 7) is 3.94. The van der Waals surface area contributed by atoms with E-state index in [0.29, 0.717) is 0 Å². The van der Waals surface area contributed by atoms with Gasteiger partial charge in [-0.25, -0.2) is 9.59 Å². The van der Waals surface area contributed by atoms with E-state index in [1.165, 1.54) is 0 Å². The van der Waals surface area contributed by atoms with Crippen LogP contribution in [0.3, 0.4) is 0 Å². The van der Waals surface area contributed by atoms with E-state index in [0.717, 1.165) is 25.7 Å². The van der Waals surface area contributed by atoms with Crippen LogP contribution in [0, 0.1) is 5.92 Å².